The van der Waals surface area contributed by atoms with Gasteiger partial charge in [-0.15, -0.1) is 0 Å². The predicted octanol–water partition coefficient (Wildman–Crippen LogP) is 6.42. The number of nitrogens with one attached hydrogen (secondary N) is 1. The highest BCUT2D eigenvalue weighted by Gasteiger charge is 2.36. The van der Waals surface area contributed by atoms with Crippen molar-refractivity contribution < 1.29 is 22.7 Å². The molecule has 0 unspecified atom stereocenters. The number of nitrogens with zero attached hydrogens (tertiary/aromatic N) is 4. The molecule has 0 bridgehead atoms. The number of piperazine rings is 1. The first kappa shape index (κ1) is 35.9. The van der Waals surface area contributed by atoms with Gasteiger partial charge in [0.05, 0.1) is 19.3 Å². The summed E-state index contributed by atoms with van der Waals surface area (Å²) in [6, 6.07) is 21.9. The van der Waals surface area contributed by atoms with Gasteiger partial charge in [0.1, 0.15) is 5.75 Å². The summed E-state index contributed by atoms with van der Waals surface area (Å²) < 4.78 is 36.3. The van der Waals surface area contributed by atoms with Crippen molar-refractivity contribution in [3.63, 3.8) is 0 Å². The third-order valence-electron chi connectivity index (χ3n) is 11.0. The number of methoxy groups -OCH3 is 1. The predicted molar refractivity (Wildman–Crippen MR) is 205 cm³/mol. The Balaban J connectivity index is 1.33. The van der Waals surface area contributed by atoms with Gasteiger partial charge in [-0.1, -0.05) is 55.7 Å². The van der Waals surface area contributed by atoms with Gasteiger partial charge in [0.15, 0.2) is 0 Å². The Hall–Kier alpha value is -4.45. The number of fused-ring (bicyclic) bond motifs is 5. The summed E-state index contributed by atoms with van der Waals surface area (Å²) in [5, 5.41) is 1.03. The molecular formula is C41H49N5O5S. The minimum atomic E-state index is -3.99. The zero-order valence-corrected chi connectivity index (χ0v) is 31.6. The van der Waals surface area contributed by atoms with Crippen molar-refractivity contribution in [2.24, 2.45) is 0 Å². The van der Waals surface area contributed by atoms with Gasteiger partial charge in [0.25, 0.3) is 11.8 Å². The summed E-state index contributed by atoms with van der Waals surface area (Å²) in [6.07, 6.45) is 7.63. The van der Waals surface area contributed by atoms with Crippen LogP contribution in [0.25, 0.3) is 28.2 Å². The summed E-state index contributed by atoms with van der Waals surface area (Å²) in [7, 11) is 0.418. The van der Waals surface area contributed by atoms with E-state index in [1.165, 1.54) is 31.6 Å². The standard InChI is InChI=1S/C41H49N5O5S/c1-27-23-44(25-29-12-8-6-9-13-29)24-28(2)46(27)41(48)33-20-32-21-34(51-5)17-19-35(32)39-38(30-14-10-7-11-15-30)36-18-16-31(22-37(36)45(39)26-33)40(47)42-52(49,50)43(3)4/h6,8-9,12-13,16-22,27-28,30H,7,10-11,14-15,23-26H2,1-5H3,(H,42,47)/t27-,28+. The lowest BCUT2D eigenvalue weighted by atomic mass is 9.81. The van der Waals surface area contributed by atoms with Crippen LogP contribution in [0.2, 0.25) is 0 Å². The Morgan fingerprint density at radius 1 is 0.923 bits per heavy atom. The number of hydrogen-bond donors (Lipinski definition) is 1. The Kier molecular flexibility index (Phi) is 10.0. The number of hydrogen-bond acceptors (Lipinski definition) is 6. The molecule has 3 aromatic carbocycles. The van der Waals surface area contributed by atoms with Crippen molar-refractivity contribution in [3.05, 3.63) is 94.6 Å². The molecule has 274 valence electrons. The lowest BCUT2D eigenvalue weighted by Gasteiger charge is -2.45. The fourth-order valence-corrected chi connectivity index (χ4v) is 9.08. The number of rotatable bonds is 8. The van der Waals surface area contributed by atoms with Crippen molar-refractivity contribution in [1.29, 1.82) is 0 Å². The van der Waals surface area contributed by atoms with Crippen LogP contribution in [0.15, 0.2) is 72.3 Å². The van der Waals surface area contributed by atoms with Crippen molar-refractivity contribution in [2.75, 3.05) is 34.3 Å². The van der Waals surface area contributed by atoms with Gasteiger partial charge in [-0.05, 0) is 85.7 Å². The van der Waals surface area contributed by atoms with E-state index in [9.17, 15) is 18.0 Å². The van der Waals surface area contributed by atoms with Crippen LogP contribution in [0.1, 0.15) is 78.9 Å². The van der Waals surface area contributed by atoms with Crippen molar-refractivity contribution in [3.8, 4) is 17.0 Å². The van der Waals surface area contributed by atoms with E-state index in [1.807, 2.05) is 35.2 Å². The Labute approximate surface area is 307 Å². The maximum atomic E-state index is 14.9. The molecular weight excluding hydrogens is 675 g/mol. The van der Waals surface area contributed by atoms with Crippen LogP contribution in [0.4, 0.5) is 0 Å². The molecule has 2 fully saturated rings. The summed E-state index contributed by atoms with van der Waals surface area (Å²) >= 11 is 0. The number of amides is 2. The second-order valence-electron chi connectivity index (χ2n) is 14.8. The molecule has 2 atom stereocenters. The van der Waals surface area contributed by atoms with Crippen molar-refractivity contribution >= 4 is 39.0 Å². The van der Waals surface area contributed by atoms with Gasteiger partial charge in [-0.25, -0.2) is 4.72 Å². The summed E-state index contributed by atoms with van der Waals surface area (Å²) in [5.74, 6) is 0.314. The van der Waals surface area contributed by atoms with Gasteiger partial charge in [0.2, 0.25) is 0 Å². The Bertz CT molecular complexity index is 2120. The second-order valence-corrected chi connectivity index (χ2v) is 16.7. The van der Waals surface area contributed by atoms with E-state index < -0.39 is 16.1 Å². The summed E-state index contributed by atoms with van der Waals surface area (Å²) in [4.78, 5) is 32.7. The maximum absolute atomic E-state index is 14.9. The van der Waals surface area contributed by atoms with Crippen LogP contribution in [-0.2, 0) is 28.1 Å². The van der Waals surface area contributed by atoms with E-state index in [4.69, 9.17) is 4.74 Å². The van der Waals surface area contributed by atoms with E-state index in [0.717, 1.165) is 77.3 Å². The minimum absolute atomic E-state index is 0.00646. The van der Waals surface area contributed by atoms with E-state index in [2.05, 4.69) is 58.4 Å². The van der Waals surface area contributed by atoms with Crippen LogP contribution in [0, 0.1) is 0 Å². The normalized spacial score (nSPS) is 19.9. The van der Waals surface area contributed by atoms with Crippen LogP contribution < -0.4 is 9.46 Å². The van der Waals surface area contributed by atoms with Crippen LogP contribution in [0.3, 0.4) is 0 Å². The fraction of sp³-hybridized carbons (Fsp3) is 0.415. The molecule has 1 saturated heterocycles. The molecule has 52 heavy (non-hydrogen) atoms. The van der Waals surface area contributed by atoms with Crippen LogP contribution in [0.5, 0.6) is 5.75 Å². The largest absolute Gasteiger partial charge is 0.497 e. The number of aromatic nitrogens is 1. The molecule has 10 nitrogen and oxygen atoms in total. The maximum Gasteiger partial charge on any atom is 0.303 e. The average molecular weight is 724 g/mol. The minimum Gasteiger partial charge on any atom is -0.497 e. The molecule has 3 heterocycles. The molecule has 2 aliphatic heterocycles. The topological polar surface area (TPSA) is 104 Å². The third kappa shape index (κ3) is 6.89. The van der Waals surface area contributed by atoms with Gasteiger partial charge in [-0.2, -0.15) is 12.7 Å². The molecule has 2 amide bonds. The lowest BCUT2D eigenvalue weighted by molar-refractivity contribution is -0.135. The molecule has 1 aliphatic carbocycles. The Morgan fingerprint density at radius 2 is 1.63 bits per heavy atom. The molecule has 0 radical (unpaired) electrons. The Morgan fingerprint density at radius 3 is 2.31 bits per heavy atom. The first-order valence-corrected chi connectivity index (χ1v) is 19.8. The molecule has 4 aromatic rings. The van der Waals surface area contributed by atoms with Gasteiger partial charge in [-0.3, -0.25) is 14.5 Å². The monoisotopic (exact) mass is 723 g/mol. The second kappa shape index (κ2) is 14.5. The highest BCUT2D eigenvalue weighted by atomic mass is 32.2. The molecule has 1 aromatic heterocycles. The quantitative estimate of drug-likeness (QED) is 0.225. The number of benzene rings is 3. The van der Waals surface area contributed by atoms with Gasteiger partial charge in [0, 0.05) is 73.4 Å². The van der Waals surface area contributed by atoms with Gasteiger partial charge < -0.3 is 14.2 Å². The molecule has 7 rings (SSSR count). The van der Waals surface area contributed by atoms with Crippen molar-refractivity contribution in [1.82, 2.24) is 23.4 Å². The molecule has 11 heteroatoms. The highest BCUT2D eigenvalue weighted by Crippen LogP contribution is 2.47. The van der Waals surface area contributed by atoms with Crippen LogP contribution >= 0.6 is 0 Å². The third-order valence-corrected chi connectivity index (χ3v) is 12.4. The highest BCUT2D eigenvalue weighted by molar-refractivity contribution is 7.87. The SMILES string of the molecule is COc1ccc2c(c1)C=C(C(=O)N1[C@H](C)CN(Cc3ccccc3)C[C@@H]1C)Cn1c-2c(C2CCCCC2)c2ccc(C(=O)NS(=O)(=O)N(C)C)cc21. The van der Waals surface area contributed by atoms with E-state index in [-0.39, 0.29) is 23.6 Å². The number of carbonyl (C=O) groups is 2. The lowest BCUT2D eigenvalue weighted by Crippen LogP contribution is -2.58. The van der Waals surface area contributed by atoms with E-state index in [0.29, 0.717) is 23.8 Å². The number of ether oxygens (including phenoxy) is 1. The molecule has 1 N–H and O–H groups in total. The first-order chi connectivity index (χ1) is 24.9. The first-order valence-electron chi connectivity index (χ1n) is 18.3. The molecule has 0 spiro atoms. The average Bonchev–Trinajstić information content (AvgIpc) is 3.33. The molecule has 1 saturated carbocycles. The number of carbonyl (C=O) groups excluding carboxylic acids is 2. The summed E-state index contributed by atoms with van der Waals surface area (Å²) in [6.45, 7) is 6.93. The van der Waals surface area contributed by atoms with E-state index in [1.54, 1.807) is 19.2 Å². The zero-order chi connectivity index (χ0) is 36.7. The van der Waals surface area contributed by atoms with E-state index >= 15 is 0 Å². The smallest absolute Gasteiger partial charge is 0.303 e. The van der Waals surface area contributed by atoms with Gasteiger partial charge >= 0.3 is 10.2 Å². The fourth-order valence-electron chi connectivity index (χ4n) is 8.55. The summed E-state index contributed by atoms with van der Waals surface area (Å²) in [5.41, 5.74) is 7.16. The molecule has 3 aliphatic rings. The van der Waals surface area contributed by atoms with Crippen molar-refractivity contribution in [2.45, 2.75) is 77.0 Å². The van der Waals surface area contributed by atoms with Crippen LogP contribution in [-0.4, -0.2) is 85.3 Å². The zero-order valence-electron chi connectivity index (χ0n) is 30.8.